The molecule has 1 unspecified atom stereocenters. The molecule has 2 aromatic rings. The standard InChI is InChI=1S/C12H13F2NO/c1-2-3-9(15)10-6-7-4-5-8(13)11(14)12(7)16-10/h4-6,9H,2-3,15H2,1H3. The number of hydrogen-bond acceptors (Lipinski definition) is 2. The highest BCUT2D eigenvalue weighted by molar-refractivity contribution is 5.78. The van der Waals surface area contributed by atoms with Crippen molar-refractivity contribution in [3.63, 3.8) is 0 Å². The van der Waals surface area contributed by atoms with Gasteiger partial charge in [-0.05, 0) is 24.6 Å². The van der Waals surface area contributed by atoms with Crippen molar-refractivity contribution < 1.29 is 13.2 Å². The Labute approximate surface area is 92.0 Å². The summed E-state index contributed by atoms with van der Waals surface area (Å²) in [5, 5.41) is 0.542. The van der Waals surface area contributed by atoms with E-state index in [0.717, 1.165) is 18.9 Å². The van der Waals surface area contributed by atoms with E-state index in [9.17, 15) is 8.78 Å². The highest BCUT2D eigenvalue weighted by Gasteiger charge is 2.15. The molecule has 2 N–H and O–H groups in total. The molecule has 0 saturated carbocycles. The first-order valence-electron chi connectivity index (χ1n) is 5.26. The molecule has 0 aliphatic carbocycles. The van der Waals surface area contributed by atoms with E-state index < -0.39 is 11.6 Å². The molecule has 4 heteroatoms. The van der Waals surface area contributed by atoms with Crippen LogP contribution in [0.3, 0.4) is 0 Å². The van der Waals surface area contributed by atoms with Gasteiger partial charge in [0.2, 0.25) is 5.82 Å². The number of nitrogens with two attached hydrogens (primary N) is 1. The molecule has 0 fully saturated rings. The molecule has 2 rings (SSSR count). The summed E-state index contributed by atoms with van der Waals surface area (Å²) in [5.41, 5.74) is 5.79. The average Bonchev–Trinajstić information content (AvgIpc) is 2.69. The minimum atomic E-state index is -0.951. The van der Waals surface area contributed by atoms with Crippen LogP contribution in [0.4, 0.5) is 8.78 Å². The molecule has 86 valence electrons. The maximum absolute atomic E-state index is 13.4. The minimum Gasteiger partial charge on any atom is -0.456 e. The van der Waals surface area contributed by atoms with Crippen LogP contribution >= 0.6 is 0 Å². The molecule has 1 heterocycles. The van der Waals surface area contributed by atoms with Gasteiger partial charge in [-0.1, -0.05) is 13.3 Å². The zero-order valence-electron chi connectivity index (χ0n) is 8.97. The lowest BCUT2D eigenvalue weighted by Crippen LogP contribution is -2.08. The van der Waals surface area contributed by atoms with Crippen LogP contribution in [0.5, 0.6) is 0 Å². The van der Waals surface area contributed by atoms with E-state index in [-0.39, 0.29) is 11.6 Å². The predicted molar refractivity (Wildman–Crippen MR) is 58.0 cm³/mol. The summed E-state index contributed by atoms with van der Waals surface area (Å²) in [5.74, 6) is -1.36. The van der Waals surface area contributed by atoms with E-state index in [1.165, 1.54) is 6.07 Å². The average molecular weight is 225 g/mol. The van der Waals surface area contributed by atoms with Crippen LogP contribution in [0.2, 0.25) is 0 Å². The fourth-order valence-electron chi connectivity index (χ4n) is 1.70. The normalized spacial score (nSPS) is 13.2. The monoisotopic (exact) mass is 225 g/mol. The van der Waals surface area contributed by atoms with Crippen LogP contribution in [0.15, 0.2) is 22.6 Å². The fraction of sp³-hybridized carbons (Fsp3) is 0.333. The Morgan fingerprint density at radius 1 is 1.38 bits per heavy atom. The van der Waals surface area contributed by atoms with Crippen LogP contribution in [-0.2, 0) is 0 Å². The molecular weight excluding hydrogens is 212 g/mol. The molecule has 0 spiro atoms. The number of benzene rings is 1. The number of hydrogen-bond donors (Lipinski definition) is 1. The quantitative estimate of drug-likeness (QED) is 0.868. The van der Waals surface area contributed by atoms with Crippen molar-refractivity contribution in [1.29, 1.82) is 0 Å². The number of rotatable bonds is 3. The summed E-state index contributed by atoms with van der Waals surface area (Å²) >= 11 is 0. The summed E-state index contributed by atoms with van der Waals surface area (Å²) in [4.78, 5) is 0. The summed E-state index contributed by atoms with van der Waals surface area (Å²) in [6.45, 7) is 2.00. The minimum absolute atomic E-state index is 0.0541. The Morgan fingerprint density at radius 2 is 2.12 bits per heavy atom. The lowest BCUT2D eigenvalue weighted by Gasteiger charge is -2.04. The van der Waals surface area contributed by atoms with Crippen molar-refractivity contribution in [3.8, 4) is 0 Å². The molecular formula is C12H13F2NO. The third kappa shape index (κ3) is 1.80. The smallest absolute Gasteiger partial charge is 0.201 e. The molecule has 16 heavy (non-hydrogen) atoms. The molecule has 1 aromatic heterocycles. The van der Waals surface area contributed by atoms with E-state index >= 15 is 0 Å². The maximum Gasteiger partial charge on any atom is 0.201 e. The van der Waals surface area contributed by atoms with E-state index in [1.54, 1.807) is 6.07 Å². The molecule has 2 nitrogen and oxygen atoms in total. The van der Waals surface area contributed by atoms with Gasteiger partial charge in [0.1, 0.15) is 5.76 Å². The highest BCUT2D eigenvalue weighted by Crippen LogP contribution is 2.27. The van der Waals surface area contributed by atoms with Gasteiger partial charge in [0.05, 0.1) is 6.04 Å². The number of halogens is 2. The molecule has 0 aliphatic rings. The third-order valence-electron chi connectivity index (χ3n) is 2.56. The Balaban J connectivity index is 2.48. The molecule has 0 aliphatic heterocycles. The first kappa shape index (κ1) is 11.1. The summed E-state index contributed by atoms with van der Waals surface area (Å²) < 4.78 is 31.5. The molecule has 1 atom stereocenters. The first-order valence-corrected chi connectivity index (χ1v) is 5.26. The largest absolute Gasteiger partial charge is 0.456 e. The summed E-state index contributed by atoms with van der Waals surface area (Å²) in [6.07, 6.45) is 1.67. The Morgan fingerprint density at radius 3 is 2.81 bits per heavy atom. The van der Waals surface area contributed by atoms with E-state index in [2.05, 4.69) is 0 Å². The van der Waals surface area contributed by atoms with Crippen LogP contribution in [0.25, 0.3) is 11.0 Å². The first-order chi connectivity index (χ1) is 7.63. The van der Waals surface area contributed by atoms with Crippen molar-refractivity contribution in [2.75, 3.05) is 0 Å². The van der Waals surface area contributed by atoms with Gasteiger partial charge < -0.3 is 10.2 Å². The van der Waals surface area contributed by atoms with Gasteiger partial charge in [-0.25, -0.2) is 4.39 Å². The van der Waals surface area contributed by atoms with Crippen molar-refractivity contribution in [2.45, 2.75) is 25.8 Å². The zero-order valence-corrected chi connectivity index (χ0v) is 8.97. The van der Waals surface area contributed by atoms with Gasteiger partial charge in [0.25, 0.3) is 0 Å². The topological polar surface area (TPSA) is 39.2 Å². The van der Waals surface area contributed by atoms with Gasteiger partial charge in [-0.2, -0.15) is 4.39 Å². The van der Waals surface area contributed by atoms with Crippen molar-refractivity contribution in [3.05, 3.63) is 35.6 Å². The van der Waals surface area contributed by atoms with Crippen molar-refractivity contribution in [1.82, 2.24) is 0 Å². The Kier molecular flexibility index (Phi) is 2.92. The van der Waals surface area contributed by atoms with Crippen LogP contribution in [0.1, 0.15) is 31.6 Å². The van der Waals surface area contributed by atoms with Crippen molar-refractivity contribution in [2.24, 2.45) is 5.73 Å². The van der Waals surface area contributed by atoms with Gasteiger partial charge in [0.15, 0.2) is 11.4 Å². The van der Waals surface area contributed by atoms with E-state index in [0.29, 0.717) is 11.1 Å². The Bertz CT molecular complexity index is 507. The Hall–Kier alpha value is -1.42. The van der Waals surface area contributed by atoms with Crippen LogP contribution in [-0.4, -0.2) is 0 Å². The third-order valence-corrected chi connectivity index (χ3v) is 2.56. The van der Waals surface area contributed by atoms with E-state index in [1.807, 2.05) is 6.92 Å². The van der Waals surface area contributed by atoms with E-state index in [4.69, 9.17) is 10.2 Å². The molecule has 0 bridgehead atoms. The van der Waals surface area contributed by atoms with Crippen LogP contribution in [0, 0.1) is 11.6 Å². The maximum atomic E-state index is 13.4. The molecule has 1 aromatic carbocycles. The highest BCUT2D eigenvalue weighted by atomic mass is 19.2. The van der Waals surface area contributed by atoms with Crippen molar-refractivity contribution >= 4 is 11.0 Å². The van der Waals surface area contributed by atoms with Gasteiger partial charge in [0, 0.05) is 5.39 Å². The number of furan rings is 1. The van der Waals surface area contributed by atoms with Gasteiger partial charge in [-0.15, -0.1) is 0 Å². The molecule has 0 saturated heterocycles. The second-order valence-electron chi connectivity index (χ2n) is 3.82. The van der Waals surface area contributed by atoms with Gasteiger partial charge in [-0.3, -0.25) is 0 Å². The van der Waals surface area contributed by atoms with Gasteiger partial charge >= 0.3 is 0 Å². The SMILES string of the molecule is CCCC(N)c1cc2ccc(F)c(F)c2o1. The summed E-state index contributed by atoms with van der Waals surface area (Å²) in [6, 6.07) is 3.97. The zero-order chi connectivity index (χ0) is 11.7. The number of fused-ring (bicyclic) bond motifs is 1. The second kappa shape index (κ2) is 4.22. The molecule has 0 amide bonds. The second-order valence-corrected chi connectivity index (χ2v) is 3.82. The predicted octanol–water partition coefficient (Wildman–Crippen LogP) is 3.51. The lowest BCUT2D eigenvalue weighted by atomic mass is 10.1. The summed E-state index contributed by atoms with van der Waals surface area (Å²) in [7, 11) is 0. The van der Waals surface area contributed by atoms with Crippen LogP contribution < -0.4 is 5.73 Å². The lowest BCUT2D eigenvalue weighted by molar-refractivity contribution is 0.449. The molecule has 0 radical (unpaired) electrons. The fourth-order valence-corrected chi connectivity index (χ4v) is 1.70.